The highest BCUT2D eigenvalue weighted by Crippen LogP contribution is 2.32. The number of nitro benzene ring substituents is 1. The first-order valence-electron chi connectivity index (χ1n) is 10.1. The number of non-ortho nitro benzene ring substituents is 1. The van der Waals surface area contributed by atoms with E-state index in [1.54, 1.807) is 22.9 Å². The van der Waals surface area contributed by atoms with Crippen molar-refractivity contribution in [2.45, 2.75) is 0 Å². The molecule has 5 aromatic rings. The molecule has 0 fully saturated rings. The standard InChI is InChI=1S/C26H16N4O3/c27-16-20(18-10-12-23(13-11-18)30(31)32)14-21-17-29(22-7-2-1-3-8-22)28-26(21)25-15-19-6-4-5-9-24(19)33-25/h1-15,17H. The van der Waals surface area contributed by atoms with E-state index in [0.29, 0.717) is 28.2 Å². The monoisotopic (exact) mass is 432 g/mol. The molecule has 0 aliphatic rings. The maximum absolute atomic E-state index is 11.0. The predicted octanol–water partition coefficient (Wildman–Crippen LogP) is 6.26. The molecule has 0 bridgehead atoms. The average molecular weight is 432 g/mol. The Labute approximate surface area is 188 Å². The van der Waals surface area contributed by atoms with E-state index >= 15 is 0 Å². The maximum Gasteiger partial charge on any atom is 0.269 e. The van der Waals surface area contributed by atoms with Gasteiger partial charge in [0.05, 0.1) is 22.3 Å². The fourth-order valence-corrected chi connectivity index (χ4v) is 3.59. The van der Waals surface area contributed by atoms with Gasteiger partial charge in [-0.05, 0) is 48.0 Å². The third kappa shape index (κ3) is 3.89. The van der Waals surface area contributed by atoms with Crippen LogP contribution in [0.1, 0.15) is 11.1 Å². The summed E-state index contributed by atoms with van der Waals surface area (Å²) in [6, 6.07) is 27.3. The zero-order valence-corrected chi connectivity index (χ0v) is 17.3. The van der Waals surface area contributed by atoms with Crippen molar-refractivity contribution in [3.63, 3.8) is 0 Å². The lowest BCUT2D eigenvalue weighted by Gasteiger charge is -2.00. The number of hydrogen-bond acceptors (Lipinski definition) is 5. The third-order valence-corrected chi connectivity index (χ3v) is 5.23. The molecular weight excluding hydrogens is 416 g/mol. The number of para-hydroxylation sites is 2. The molecule has 0 radical (unpaired) electrons. The van der Waals surface area contributed by atoms with Gasteiger partial charge in [-0.25, -0.2) is 4.68 Å². The second-order valence-electron chi connectivity index (χ2n) is 7.34. The third-order valence-electron chi connectivity index (χ3n) is 5.23. The van der Waals surface area contributed by atoms with E-state index in [4.69, 9.17) is 9.52 Å². The van der Waals surface area contributed by atoms with E-state index in [1.807, 2.05) is 66.9 Å². The minimum Gasteiger partial charge on any atom is -0.454 e. The summed E-state index contributed by atoms with van der Waals surface area (Å²) in [4.78, 5) is 10.5. The van der Waals surface area contributed by atoms with Crippen LogP contribution in [0.25, 0.3) is 39.8 Å². The number of benzene rings is 3. The predicted molar refractivity (Wildman–Crippen MR) is 125 cm³/mol. The minimum atomic E-state index is -0.469. The van der Waals surface area contributed by atoms with Crippen LogP contribution in [0.5, 0.6) is 0 Å². The molecular formula is C26H16N4O3. The molecule has 0 N–H and O–H groups in total. The topological polar surface area (TPSA) is 97.9 Å². The van der Waals surface area contributed by atoms with Crippen LogP contribution in [-0.4, -0.2) is 14.7 Å². The van der Waals surface area contributed by atoms with E-state index in [1.165, 1.54) is 12.1 Å². The highest BCUT2D eigenvalue weighted by Gasteiger charge is 2.17. The summed E-state index contributed by atoms with van der Waals surface area (Å²) < 4.78 is 7.78. The van der Waals surface area contributed by atoms with Gasteiger partial charge in [-0.15, -0.1) is 0 Å². The Morgan fingerprint density at radius 2 is 1.76 bits per heavy atom. The summed E-state index contributed by atoms with van der Waals surface area (Å²) in [6.45, 7) is 0. The Hall–Kier alpha value is -4.96. The van der Waals surface area contributed by atoms with Crippen molar-refractivity contribution in [2.75, 3.05) is 0 Å². The number of fused-ring (bicyclic) bond motifs is 1. The van der Waals surface area contributed by atoms with Crippen LogP contribution < -0.4 is 0 Å². The Bertz CT molecular complexity index is 1510. The highest BCUT2D eigenvalue weighted by molar-refractivity contribution is 5.93. The van der Waals surface area contributed by atoms with Crippen LogP contribution >= 0.6 is 0 Å². The van der Waals surface area contributed by atoms with Crippen LogP contribution in [-0.2, 0) is 0 Å². The molecule has 0 amide bonds. The van der Waals surface area contributed by atoms with Gasteiger partial charge in [-0.1, -0.05) is 36.4 Å². The lowest BCUT2D eigenvalue weighted by atomic mass is 10.0. The Morgan fingerprint density at radius 3 is 2.45 bits per heavy atom. The molecule has 0 saturated heterocycles. The van der Waals surface area contributed by atoms with Crippen LogP contribution in [0.2, 0.25) is 0 Å². The Kier molecular flexibility index (Phi) is 5.01. The van der Waals surface area contributed by atoms with Crippen molar-refractivity contribution >= 4 is 28.3 Å². The van der Waals surface area contributed by atoms with E-state index in [0.717, 1.165) is 16.7 Å². The maximum atomic E-state index is 11.0. The molecule has 0 spiro atoms. The average Bonchev–Trinajstić information content (AvgIpc) is 3.47. The van der Waals surface area contributed by atoms with E-state index in [9.17, 15) is 15.4 Å². The second-order valence-corrected chi connectivity index (χ2v) is 7.34. The molecule has 0 aliphatic carbocycles. The number of aromatic nitrogens is 2. The van der Waals surface area contributed by atoms with Crippen LogP contribution in [0.3, 0.4) is 0 Å². The number of rotatable bonds is 5. The summed E-state index contributed by atoms with van der Waals surface area (Å²) in [5, 5.41) is 26.5. The first-order valence-corrected chi connectivity index (χ1v) is 10.1. The van der Waals surface area contributed by atoms with Gasteiger partial charge in [-0.3, -0.25) is 10.1 Å². The number of allylic oxidation sites excluding steroid dienone is 1. The fraction of sp³-hybridized carbons (Fsp3) is 0. The summed E-state index contributed by atoms with van der Waals surface area (Å²) >= 11 is 0. The normalized spacial score (nSPS) is 11.4. The number of nitriles is 1. The van der Waals surface area contributed by atoms with Gasteiger partial charge >= 0.3 is 0 Å². The largest absolute Gasteiger partial charge is 0.454 e. The molecule has 0 saturated carbocycles. The van der Waals surface area contributed by atoms with E-state index < -0.39 is 4.92 Å². The van der Waals surface area contributed by atoms with E-state index in [2.05, 4.69) is 6.07 Å². The van der Waals surface area contributed by atoms with Gasteiger partial charge in [0.1, 0.15) is 11.3 Å². The zero-order chi connectivity index (χ0) is 22.8. The van der Waals surface area contributed by atoms with Crippen molar-refractivity contribution in [1.82, 2.24) is 9.78 Å². The highest BCUT2D eigenvalue weighted by atomic mass is 16.6. The molecule has 0 unspecified atom stereocenters. The van der Waals surface area contributed by atoms with Gasteiger partial charge in [0.15, 0.2) is 5.76 Å². The van der Waals surface area contributed by atoms with E-state index in [-0.39, 0.29) is 5.69 Å². The molecule has 3 aromatic carbocycles. The first-order chi connectivity index (χ1) is 16.1. The SMILES string of the molecule is N#CC(=Cc1cn(-c2ccccc2)nc1-c1cc2ccccc2o1)c1ccc([N+](=O)[O-])cc1. The van der Waals surface area contributed by atoms with Crippen molar-refractivity contribution in [2.24, 2.45) is 0 Å². The van der Waals surface area contributed by atoms with Crippen molar-refractivity contribution < 1.29 is 9.34 Å². The molecule has 2 heterocycles. The molecule has 158 valence electrons. The molecule has 7 heteroatoms. The minimum absolute atomic E-state index is 0.0316. The molecule has 7 nitrogen and oxygen atoms in total. The van der Waals surface area contributed by atoms with Crippen LogP contribution in [0.15, 0.2) is 95.5 Å². The molecule has 0 atom stereocenters. The number of furan rings is 1. The van der Waals surface area contributed by atoms with Crippen molar-refractivity contribution in [3.8, 4) is 23.2 Å². The van der Waals surface area contributed by atoms with Gasteiger partial charge < -0.3 is 4.42 Å². The van der Waals surface area contributed by atoms with Crippen molar-refractivity contribution in [3.05, 3.63) is 112 Å². The first kappa shape index (κ1) is 20.0. The molecule has 2 aromatic heterocycles. The van der Waals surface area contributed by atoms with Gasteiger partial charge in [0.2, 0.25) is 0 Å². The molecule has 0 aliphatic heterocycles. The summed E-state index contributed by atoms with van der Waals surface area (Å²) in [5.74, 6) is 0.582. The van der Waals surface area contributed by atoms with Crippen LogP contribution in [0.4, 0.5) is 5.69 Å². The van der Waals surface area contributed by atoms with Gasteiger partial charge in [-0.2, -0.15) is 10.4 Å². The summed E-state index contributed by atoms with van der Waals surface area (Å²) in [5.41, 5.74) is 3.78. The summed E-state index contributed by atoms with van der Waals surface area (Å²) in [6.07, 6.45) is 3.55. The van der Waals surface area contributed by atoms with Gasteiger partial charge in [0, 0.05) is 29.3 Å². The summed E-state index contributed by atoms with van der Waals surface area (Å²) in [7, 11) is 0. The van der Waals surface area contributed by atoms with Crippen molar-refractivity contribution in [1.29, 1.82) is 5.26 Å². The number of nitrogens with zero attached hydrogens (tertiary/aromatic N) is 4. The molecule has 5 rings (SSSR count). The smallest absolute Gasteiger partial charge is 0.269 e. The van der Waals surface area contributed by atoms with Crippen LogP contribution in [0, 0.1) is 21.4 Å². The number of nitro groups is 1. The lowest BCUT2D eigenvalue weighted by Crippen LogP contribution is -1.93. The fourth-order valence-electron chi connectivity index (χ4n) is 3.59. The van der Waals surface area contributed by atoms with Gasteiger partial charge in [0.25, 0.3) is 5.69 Å². The molecule has 33 heavy (non-hydrogen) atoms. The second kappa shape index (κ2) is 8.29. The Morgan fingerprint density at radius 1 is 1.03 bits per heavy atom. The quantitative estimate of drug-likeness (QED) is 0.185. The zero-order valence-electron chi connectivity index (χ0n) is 17.3. The Balaban J connectivity index is 1.65. The number of hydrogen-bond donors (Lipinski definition) is 0. The lowest BCUT2D eigenvalue weighted by molar-refractivity contribution is -0.384.